The molecule has 0 saturated heterocycles. The van der Waals surface area contributed by atoms with E-state index in [-0.39, 0.29) is 0 Å². The van der Waals surface area contributed by atoms with E-state index in [1.807, 2.05) is 0 Å². The zero-order valence-corrected chi connectivity index (χ0v) is 7.43. The Morgan fingerprint density at radius 1 is 1.42 bits per heavy atom. The standard InChI is InChI=1S/C12H13/c1-3-10-5-4-9(2)12(8-10)11-6-7-11/h4-5,8,11H,1,6-7H2,2H3. The Balaban J connectivity index is 2.42. The summed E-state index contributed by atoms with van der Waals surface area (Å²) in [5.74, 6) is 0.832. The molecular weight excluding hydrogens is 144 g/mol. The van der Waals surface area contributed by atoms with Crippen molar-refractivity contribution in [3.63, 3.8) is 0 Å². The van der Waals surface area contributed by atoms with Gasteiger partial charge in [-0.15, -0.1) is 0 Å². The van der Waals surface area contributed by atoms with Crippen LogP contribution in [0.1, 0.15) is 35.4 Å². The van der Waals surface area contributed by atoms with E-state index in [1.54, 1.807) is 0 Å². The third-order valence-corrected chi connectivity index (χ3v) is 2.50. The molecule has 0 aliphatic heterocycles. The molecule has 2 rings (SSSR count). The van der Waals surface area contributed by atoms with E-state index in [0.717, 1.165) is 11.5 Å². The first-order valence-electron chi connectivity index (χ1n) is 4.45. The number of rotatable bonds is 2. The molecule has 1 aromatic rings. The molecule has 1 saturated carbocycles. The molecule has 0 spiro atoms. The molecule has 0 N–H and O–H groups in total. The van der Waals surface area contributed by atoms with Gasteiger partial charge in [-0.25, -0.2) is 0 Å². The fourth-order valence-electron chi connectivity index (χ4n) is 1.58. The second-order valence-electron chi connectivity index (χ2n) is 3.52. The van der Waals surface area contributed by atoms with E-state index < -0.39 is 0 Å². The van der Waals surface area contributed by atoms with Crippen LogP contribution in [0.15, 0.2) is 24.8 Å². The van der Waals surface area contributed by atoms with Gasteiger partial charge in [-0.05, 0) is 48.4 Å². The average molecular weight is 157 g/mol. The summed E-state index contributed by atoms with van der Waals surface area (Å²) in [6.07, 6.45) is 5.65. The first kappa shape index (κ1) is 7.60. The molecule has 0 aromatic heterocycles. The van der Waals surface area contributed by atoms with Crippen LogP contribution < -0.4 is 0 Å². The average Bonchev–Trinajstić information content (AvgIpc) is 2.88. The maximum atomic E-state index is 3.66. The van der Waals surface area contributed by atoms with Gasteiger partial charge in [0.15, 0.2) is 0 Å². The van der Waals surface area contributed by atoms with Crippen molar-refractivity contribution in [3.8, 4) is 0 Å². The Bertz CT molecular complexity index is 306. The molecule has 0 amide bonds. The number of benzene rings is 1. The molecule has 1 aliphatic carbocycles. The van der Waals surface area contributed by atoms with Gasteiger partial charge in [-0.2, -0.15) is 0 Å². The highest BCUT2D eigenvalue weighted by molar-refractivity contribution is 5.37. The zero-order valence-electron chi connectivity index (χ0n) is 7.43. The summed E-state index contributed by atoms with van der Waals surface area (Å²) in [6, 6.07) is 6.47. The summed E-state index contributed by atoms with van der Waals surface area (Å²) in [4.78, 5) is 0. The van der Waals surface area contributed by atoms with E-state index in [0.29, 0.717) is 0 Å². The summed E-state index contributed by atoms with van der Waals surface area (Å²) < 4.78 is 0. The van der Waals surface area contributed by atoms with Crippen molar-refractivity contribution in [1.82, 2.24) is 0 Å². The molecule has 0 heteroatoms. The van der Waals surface area contributed by atoms with Crippen molar-refractivity contribution in [2.24, 2.45) is 0 Å². The number of hydrogen-bond donors (Lipinski definition) is 0. The van der Waals surface area contributed by atoms with Gasteiger partial charge in [0.2, 0.25) is 0 Å². The van der Waals surface area contributed by atoms with Crippen LogP contribution in [-0.2, 0) is 0 Å². The van der Waals surface area contributed by atoms with Crippen LogP contribution >= 0.6 is 0 Å². The second kappa shape index (κ2) is 2.78. The molecule has 0 atom stereocenters. The number of aryl methyl sites for hydroxylation is 1. The molecule has 1 aliphatic rings. The van der Waals surface area contributed by atoms with Crippen LogP contribution in [0.2, 0.25) is 0 Å². The van der Waals surface area contributed by atoms with Gasteiger partial charge in [-0.1, -0.05) is 24.8 Å². The van der Waals surface area contributed by atoms with Crippen molar-refractivity contribution in [2.45, 2.75) is 25.7 Å². The van der Waals surface area contributed by atoms with E-state index in [2.05, 4.69) is 37.8 Å². The maximum absolute atomic E-state index is 3.66. The van der Waals surface area contributed by atoms with Crippen molar-refractivity contribution >= 4 is 0 Å². The first-order chi connectivity index (χ1) is 5.81. The summed E-state index contributed by atoms with van der Waals surface area (Å²) >= 11 is 0. The highest BCUT2D eigenvalue weighted by Gasteiger charge is 2.24. The molecule has 0 unspecified atom stereocenters. The van der Waals surface area contributed by atoms with Crippen molar-refractivity contribution in [3.05, 3.63) is 47.5 Å². The zero-order chi connectivity index (χ0) is 8.55. The molecule has 1 aromatic carbocycles. The van der Waals surface area contributed by atoms with E-state index in [9.17, 15) is 0 Å². The predicted molar refractivity (Wildman–Crippen MR) is 51.1 cm³/mol. The van der Waals surface area contributed by atoms with Crippen LogP contribution in [-0.4, -0.2) is 0 Å². The third-order valence-electron chi connectivity index (χ3n) is 2.50. The van der Waals surface area contributed by atoms with Crippen LogP contribution in [0.3, 0.4) is 0 Å². The quantitative estimate of drug-likeness (QED) is 0.618. The normalized spacial score (nSPS) is 16.1. The Kier molecular flexibility index (Phi) is 1.76. The highest BCUT2D eigenvalue weighted by atomic mass is 14.3. The van der Waals surface area contributed by atoms with Gasteiger partial charge in [0.25, 0.3) is 0 Å². The van der Waals surface area contributed by atoms with E-state index >= 15 is 0 Å². The SMILES string of the molecule is C=[C]c1ccc(C)c(C2CC2)c1. The highest BCUT2D eigenvalue weighted by Crippen LogP contribution is 2.41. The van der Waals surface area contributed by atoms with Gasteiger partial charge < -0.3 is 0 Å². The molecule has 12 heavy (non-hydrogen) atoms. The molecular formula is C12H13. The molecule has 0 nitrogen and oxygen atoms in total. The van der Waals surface area contributed by atoms with Gasteiger partial charge in [-0.3, -0.25) is 0 Å². The molecule has 0 heterocycles. The van der Waals surface area contributed by atoms with E-state index in [4.69, 9.17) is 0 Å². The van der Waals surface area contributed by atoms with Crippen LogP contribution in [0.5, 0.6) is 0 Å². The lowest BCUT2D eigenvalue weighted by Gasteiger charge is -2.04. The van der Waals surface area contributed by atoms with Crippen LogP contribution in [0.4, 0.5) is 0 Å². The van der Waals surface area contributed by atoms with Gasteiger partial charge >= 0.3 is 0 Å². The largest absolute Gasteiger partial charge is 0.0906 e. The minimum absolute atomic E-state index is 0.832. The summed E-state index contributed by atoms with van der Waals surface area (Å²) in [5, 5.41) is 0. The summed E-state index contributed by atoms with van der Waals surface area (Å²) in [7, 11) is 0. The van der Waals surface area contributed by atoms with Crippen molar-refractivity contribution in [1.29, 1.82) is 0 Å². The minimum atomic E-state index is 0.832. The van der Waals surface area contributed by atoms with Gasteiger partial charge in [0.1, 0.15) is 0 Å². The van der Waals surface area contributed by atoms with Crippen LogP contribution in [0.25, 0.3) is 0 Å². The monoisotopic (exact) mass is 157 g/mol. The van der Waals surface area contributed by atoms with E-state index in [1.165, 1.54) is 24.0 Å². The molecule has 61 valence electrons. The lowest BCUT2D eigenvalue weighted by atomic mass is 10.0. The lowest BCUT2D eigenvalue weighted by molar-refractivity contribution is 1.09. The van der Waals surface area contributed by atoms with Crippen molar-refractivity contribution < 1.29 is 0 Å². The topological polar surface area (TPSA) is 0 Å². The lowest BCUT2D eigenvalue weighted by Crippen LogP contribution is -1.86. The van der Waals surface area contributed by atoms with Gasteiger partial charge in [0, 0.05) is 0 Å². The molecule has 1 fully saturated rings. The second-order valence-corrected chi connectivity index (χ2v) is 3.52. The maximum Gasteiger partial charge on any atom is -0.0159 e. The smallest absolute Gasteiger partial charge is 0.0159 e. The Morgan fingerprint density at radius 2 is 2.17 bits per heavy atom. The van der Waals surface area contributed by atoms with Gasteiger partial charge in [0.05, 0.1) is 0 Å². The molecule has 0 bridgehead atoms. The first-order valence-corrected chi connectivity index (χ1v) is 4.45. The predicted octanol–water partition coefficient (Wildman–Crippen LogP) is 3.21. The summed E-state index contributed by atoms with van der Waals surface area (Å²) in [6.45, 7) is 5.84. The Hall–Kier alpha value is -1.04. The fourth-order valence-corrected chi connectivity index (χ4v) is 1.58. The Morgan fingerprint density at radius 3 is 2.75 bits per heavy atom. The van der Waals surface area contributed by atoms with Crippen molar-refractivity contribution in [2.75, 3.05) is 0 Å². The fraction of sp³-hybridized carbons (Fsp3) is 0.333. The number of hydrogen-bond acceptors (Lipinski definition) is 0. The van der Waals surface area contributed by atoms with Crippen LogP contribution in [0, 0.1) is 13.0 Å². The third kappa shape index (κ3) is 1.29. The summed E-state index contributed by atoms with van der Waals surface area (Å²) in [5.41, 5.74) is 4.04. The minimum Gasteiger partial charge on any atom is -0.0906 e. The Labute approximate surface area is 73.9 Å². The molecule has 1 radical (unpaired) electrons.